The van der Waals surface area contributed by atoms with Crippen LogP contribution in [0.3, 0.4) is 0 Å². The minimum atomic E-state index is -3.53. The number of rotatable bonds is 4. The van der Waals surface area contributed by atoms with Gasteiger partial charge in [0.2, 0.25) is 10.0 Å². The molecule has 2 fully saturated rings. The quantitative estimate of drug-likeness (QED) is 0.541. The van der Waals surface area contributed by atoms with E-state index in [-0.39, 0.29) is 16.8 Å². The van der Waals surface area contributed by atoms with Crippen molar-refractivity contribution in [1.29, 1.82) is 0 Å². The molecule has 180 valence electrons. The molecule has 0 saturated carbocycles. The molecule has 1 atom stereocenters. The lowest BCUT2D eigenvalue weighted by Gasteiger charge is -2.34. The first kappa shape index (κ1) is 23.3. The molecule has 3 aromatic rings. The van der Waals surface area contributed by atoms with Gasteiger partial charge in [-0.1, -0.05) is 23.8 Å². The highest BCUT2D eigenvalue weighted by Crippen LogP contribution is 2.30. The third-order valence-corrected chi connectivity index (χ3v) is 9.93. The molecule has 1 unspecified atom stereocenters. The van der Waals surface area contributed by atoms with Crippen molar-refractivity contribution in [3.05, 3.63) is 53.6 Å². The standard InChI is InChI=1S/C25H30N4O3S2/c1-18-6-11-22-23(17-18)33-25(26-22)28-15-13-27(14-16-28)24(30)20-7-9-21(10-8-20)34(31,32)29-12-4-3-5-19(29)2/h6-11,17,19H,3-5,12-16H2,1-2H3. The Morgan fingerprint density at radius 2 is 1.74 bits per heavy atom. The molecule has 1 amide bonds. The van der Waals surface area contributed by atoms with Crippen LogP contribution in [-0.4, -0.2) is 67.3 Å². The molecule has 2 aliphatic heterocycles. The van der Waals surface area contributed by atoms with Crippen LogP contribution in [0.1, 0.15) is 42.1 Å². The molecule has 3 heterocycles. The molecule has 2 saturated heterocycles. The molecule has 7 nitrogen and oxygen atoms in total. The Kier molecular flexibility index (Phi) is 6.35. The average Bonchev–Trinajstić information content (AvgIpc) is 3.27. The number of carbonyl (C=O) groups excluding carboxylic acids is 1. The van der Waals surface area contributed by atoms with E-state index < -0.39 is 10.0 Å². The molecule has 2 aromatic carbocycles. The van der Waals surface area contributed by atoms with E-state index in [1.807, 2.05) is 11.8 Å². The van der Waals surface area contributed by atoms with Crippen LogP contribution < -0.4 is 4.90 Å². The van der Waals surface area contributed by atoms with Gasteiger partial charge in [-0.05, 0) is 68.7 Å². The van der Waals surface area contributed by atoms with Crippen LogP contribution in [-0.2, 0) is 10.0 Å². The van der Waals surface area contributed by atoms with E-state index >= 15 is 0 Å². The lowest BCUT2D eigenvalue weighted by Crippen LogP contribution is -2.48. The van der Waals surface area contributed by atoms with Crippen molar-refractivity contribution < 1.29 is 13.2 Å². The Morgan fingerprint density at radius 1 is 1.00 bits per heavy atom. The van der Waals surface area contributed by atoms with Gasteiger partial charge in [0.05, 0.1) is 15.1 Å². The Bertz CT molecular complexity index is 1300. The molecule has 5 rings (SSSR count). The molecular formula is C25H30N4O3S2. The number of piperidine rings is 1. The van der Waals surface area contributed by atoms with Crippen LogP contribution in [0, 0.1) is 6.92 Å². The van der Waals surface area contributed by atoms with Gasteiger partial charge >= 0.3 is 0 Å². The van der Waals surface area contributed by atoms with E-state index in [9.17, 15) is 13.2 Å². The summed E-state index contributed by atoms with van der Waals surface area (Å²) in [5.74, 6) is -0.0603. The maximum Gasteiger partial charge on any atom is 0.253 e. The molecule has 1 aromatic heterocycles. The molecule has 9 heteroatoms. The summed E-state index contributed by atoms with van der Waals surface area (Å²) in [6.07, 6.45) is 2.84. The molecule has 0 bridgehead atoms. The van der Waals surface area contributed by atoms with Gasteiger partial charge in [0, 0.05) is 44.3 Å². The van der Waals surface area contributed by atoms with Crippen molar-refractivity contribution in [1.82, 2.24) is 14.2 Å². The number of fused-ring (bicyclic) bond motifs is 1. The molecule has 0 aliphatic carbocycles. The zero-order valence-corrected chi connectivity index (χ0v) is 21.2. The minimum absolute atomic E-state index is 0.0100. The minimum Gasteiger partial charge on any atom is -0.345 e. The summed E-state index contributed by atoms with van der Waals surface area (Å²) in [4.78, 5) is 22.2. The van der Waals surface area contributed by atoms with Crippen molar-refractivity contribution >= 4 is 42.6 Å². The number of nitrogens with zero attached hydrogens (tertiary/aromatic N) is 4. The molecule has 0 radical (unpaired) electrons. The predicted octanol–water partition coefficient (Wildman–Crippen LogP) is 4.13. The smallest absolute Gasteiger partial charge is 0.253 e. The van der Waals surface area contributed by atoms with Gasteiger partial charge in [0.1, 0.15) is 0 Å². The van der Waals surface area contributed by atoms with Crippen LogP contribution in [0.5, 0.6) is 0 Å². The van der Waals surface area contributed by atoms with Crippen molar-refractivity contribution in [3.8, 4) is 0 Å². The monoisotopic (exact) mass is 498 g/mol. The summed E-state index contributed by atoms with van der Waals surface area (Å²) in [6, 6.07) is 12.7. The van der Waals surface area contributed by atoms with Gasteiger partial charge in [-0.25, -0.2) is 13.4 Å². The molecule has 34 heavy (non-hydrogen) atoms. The summed E-state index contributed by atoms with van der Waals surface area (Å²) in [5.41, 5.74) is 2.76. The Balaban J connectivity index is 1.24. The second kappa shape index (κ2) is 9.28. The van der Waals surface area contributed by atoms with E-state index in [4.69, 9.17) is 4.98 Å². The number of carbonyl (C=O) groups is 1. The van der Waals surface area contributed by atoms with Gasteiger partial charge < -0.3 is 9.80 Å². The number of aromatic nitrogens is 1. The van der Waals surface area contributed by atoms with Gasteiger partial charge in [0.25, 0.3) is 5.91 Å². The van der Waals surface area contributed by atoms with Gasteiger partial charge in [-0.2, -0.15) is 4.31 Å². The number of hydrogen-bond donors (Lipinski definition) is 0. The second-order valence-electron chi connectivity index (χ2n) is 9.23. The maximum atomic E-state index is 13.1. The van der Waals surface area contributed by atoms with E-state index in [1.54, 1.807) is 39.9 Å². The molecule has 0 spiro atoms. The fraction of sp³-hybridized carbons (Fsp3) is 0.440. The van der Waals surface area contributed by atoms with Crippen LogP contribution in [0.2, 0.25) is 0 Å². The van der Waals surface area contributed by atoms with E-state index in [2.05, 4.69) is 30.0 Å². The van der Waals surface area contributed by atoms with Crippen molar-refractivity contribution in [2.45, 2.75) is 44.0 Å². The van der Waals surface area contributed by atoms with Crippen LogP contribution in [0.4, 0.5) is 5.13 Å². The summed E-state index contributed by atoms with van der Waals surface area (Å²) in [5, 5.41) is 0.995. The number of thiazole rings is 1. The van der Waals surface area contributed by atoms with Crippen LogP contribution in [0.15, 0.2) is 47.4 Å². The third kappa shape index (κ3) is 4.44. The average molecular weight is 499 g/mol. The molecule has 2 aliphatic rings. The SMILES string of the molecule is Cc1ccc2nc(N3CCN(C(=O)c4ccc(S(=O)(=O)N5CCCCC5C)cc4)CC3)sc2c1. The van der Waals surface area contributed by atoms with Gasteiger partial charge in [-0.15, -0.1) is 0 Å². The predicted molar refractivity (Wildman–Crippen MR) is 136 cm³/mol. The maximum absolute atomic E-state index is 13.1. The zero-order chi connectivity index (χ0) is 23.9. The van der Waals surface area contributed by atoms with E-state index in [1.165, 1.54) is 10.3 Å². The zero-order valence-electron chi connectivity index (χ0n) is 19.6. The number of amides is 1. The highest BCUT2D eigenvalue weighted by atomic mass is 32.2. The summed E-state index contributed by atoms with van der Waals surface area (Å²) < 4.78 is 28.9. The third-order valence-electron chi connectivity index (χ3n) is 6.82. The van der Waals surface area contributed by atoms with Crippen LogP contribution >= 0.6 is 11.3 Å². The number of sulfonamides is 1. The largest absolute Gasteiger partial charge is 0.345 e. The topological polar surface area (TPSA) is 73.8 Å². The summed E-state index contributed by atoms with van der Waals surface area (Å²) in [6.45, 7) is 7.28. The molecule has 0 N–H and O–H groups in total. The van der Waals surface area contributed by atoms with Crippen molar-refractivity contribution in [2.75, 3.05) is 37.6 Å². The summed E-state index contributed by atoms with van der Waals surface area (Å²) in [7, 11) is -3.53. The van der Waals surface area contributed by atoms with Crippen molar-refractivity contribution in [2.24, 2.45) is 0 Å². The fourth-order valence-electron chi connectivity index (χ4n) is 4.77. The molecular weight excluding hydrogens is 468 g/mol. The summed E-state index contributed by atoms with van der Waals surface area (Å²) >= 11 is 1.69. The van der Waals surface area contributed by atoms with Crippen molar-refractivity contribution in [3.63, 3.8) is 0 Å². The highest BCUT2D eigenvalue weighted by Gasteiger charge is 2.31. The highest BCUT2D eigenvalue weighted by molar-refractivity contribution is 7.89. The normalized spacial score (nSPS) is 20.1. The number of benzene rings is 2. The first-order valence-corrected chi connectivity index (χ1v) is 14.1. The van der Waals surface area contributed by atoms with E-state index in [0.29, 0.717) is 25.2 Å². The van der Waals surface area contributed by atoms with E-state index in [0.717, 1.165) is 43.0 Å². The Labute approximate surface area is 205 Å². The number of hydrogen-bond acceptors (Lipinski definition) is 6. The lowest BCUT2D eigenvalue weighted by molar-refractivity contribution is 0.0746. The first-order chi connectivity index (χ1) is 16.3. The number of piperazine rings is 1. The lowest BCUT2D eigenvalue weighted by atomic mass is 10.1. The number of aryl methyl sites for hydroxylation is 1. The first-order valence-electron chi connectivity index (χ1n) is 11.9. The number of anilines is 1. The second-order valence-corrected chi connectivity index (χ2v) is 12.1. The fourth-order valence-corrected chi connectivity index (χ4v) is 7.59. The van der Waals surface area contributed by atoms with Crippen LogP contribution in [0.25, 0.3) is 10.2 Å². The Morgan fingerprint density at radius 3 is 2.44 bits per heavy atom. The van der Waals surface area contributed by atoms with Gasteiger partial charge in [-0.3, -0.25) is 4.79 Å². The Hall–Kier alpha value is -2.49. The van der Waals surface area contributed by atoms with Gasteiger partial charge in [0.15, 0.2) is 5.13 Å².